The van der Waals surface area contributed by atoms with Gasteiger partial charge in [-0.15, -0.1) is 0 Å². The van der Waals surface area contributed by atoms with Gasteiger partial charge in [0, 0.05) is 25.8 Å². The third kappa shape index (κ3) is 11.5. The van der Waals surface area contributed by atoms with Gasteiger partial charge in [0.05, 0.1) is 0 Å². The summed E-state index contributed by atoms with van der Waals surface area (Å²) >= 11 is 0. The summed E-state index contributed by atoms with van der Waals surface area (Å²) in [5, 5.41) is 0. The van der Waals surface area contributed by atoms with E-state index in [-0.39, 0.29) is 25.8 Å². The molecule has 0 amide bonds. The maximum absolute atomic E-state index is 3.54. The van der Waals surface area contributed by atoms with Crippen LogP contribution in [0.25, 0.3) is 0 Å². The molecule has 0 aromatic carbocycles. The van der Waals surface area contributed by atoms with Crippen molar-refractivity contribution in [3.8, 4) is 0 Å². The molecule has 0 atom stereocenters. The van der Waals surface area contributed by atoms with E-state index in [4.69, 9.17) is 0 Å². The Hall–Kier alpha value is 0.870. The minimum absolute atomic E-state index is 0. The quantitative estimate of drug-likeness (QED) is 0.476. The Morgan fingerprint density at radius 3 is 1.20 bits per heavy atom. The molecule has 0 saturated carbocycles. The van der Waals surface area contributed by atoms with Crippen molar-refractivity contribution in [1.29, 1.82) is 0 Å². The van der Waals surface area contributed by atoms with Gasteiger partial charge in [-0.05, 0) is 0 Å². The smallest absolute Gasteiger partial charge is 0 e. The van der Waals surface area contributed by atoms with Crippen molar-refractivity contribution in [2.45, 2.75) is 12.8 Å². The second-order valence-corrected chi connectivity index (χ2v) is 0.707. The molecule has 0 heterocycles. The van der Waals surface area contributed by atoms with Crippen LogP contribution < -0.4 is 0 Å². The molecule has 0 aliphatic heterocycles. The Balaban J connectivity index is 0. The average Bonchev–Trinajstić information content (AvgIpc) is 1.37. The zero-order chi connectivity index (χ0) is 3.41. The Labute approximate surface area is 52.7 Å². The first-order valence-electron chi connectivity index (χ1n) is 1.50. The fraction of sp³-hybridized carbons (Fsp3) is 0.500. The molecule has 0 aromatic heterocycles. The number of rotatable bonds is 1. The van der Waals surface area contributed by atoms with Crippen molar-refractivity contribution >= 4 is 0 Å². The van der Waals surface area contributed by atoms with Crippen LogP contribution in [-0.2, 0) is 25.8 Å². The summed E-state index contributed by atoms with van der Waals surface area (Å²) in [6, 6.07) is 0. The van der Waals surface area contributed by atoms with E-state index in [0.717, 1.165) is 12.8 Å². The van der Waals surface area contributed by atoms with Crippen LogP contribution in [0.1, 0.15) is 12.8 Å². The predicted molar refractivity (Wildman–Crippen MR) is 19.9 cm³/mol. The predicted octanol–water partition coefficient (Wildman–Crippen LogP) is 1.43. The van der Waals surface area contributed by atoms with Gasteiger partial charge >= 0.3 is 0 Å². The van der Waals surface area contributed by atoms with Gasteiger partial charge in [-0.1, -0.05) is 0 Å². The van der Waals surface area contributed by atoms with E-state index < -0.39 is 0 Å². The molecule has 0 fully saturated rings. The summed E-state index contributed by atoms with van der Waals surface area (Å²) in [7, 11) is 0. The minimum Gasteiger partial charge on any atom is -0.346 e. The molecule has 0 N–H and O–H groups in total. The van der Waals surface area contributed by atoms with E-state index in [2.05, 4.69) is 13.8 Å². The van der Waals surface area contributed by atoms with Gasteiger partial charge in [-0.3, -0.25) is 0 Å². The molecule has 0 aromatic rings. The van der Waals surface area contributed by atoms with E-state index in [1.165, 1.54) is 0 Å². The van der Waals surface area contributed by atoms with Crippen molar-refractivity contribution in [2.24, 2.45) is 0 Å². The molecule has 1 heteroatoms. The SMILES string of the molecule is [CH2-]CC[CH2-].[Hf]. The summed E-state index contributed by atoms with van der Waals surface area (Å²) < 4.78 is 0. The van der Waals surface area contributed by atoms with Crippen LogP contribution in [-0.4, -0.2) is 0 Å². The van der Waals surface area contributed by atoms with Gasteiger partial charge in [0.15, 0.2) is 0 Å². The summed E-state index contributed by atoms with van der Waals surface area (Å²) in [6.45, 7) is 7.08. The van der Waals surface area contributed by atoms with Crippen LogP contribution in [0.4, 0.5) is 0 Å². The third-order valence-electron chi connectivity index (χ3n) is 0.250. The largest absolute Gasteiger partial charge is 0.346 e. The van der Waals surface area contributed by atoms with Crippen molar-refractivity contribution in [2.75, 3.05) is 0 Å². The molecule has 5 heavy (non-hydrogen) atoms. The molecular formula is C4H8Hf-2. The van der Waals surface area contributed by atoms with E-state index in [0.29, 0.717) is 0 Å². The molecule has 0 rings (SSSR count). The molecule has 30 valence electrons. The number of unbranched alkanes of at least 4 members (excludes halogenated alkanes) is 1. The molecule has 0 aliphatic rings. The Morgan fingerprint density at radius 1 is 1.00 bits per heavy atom. The van der Waals surface area contributed by atoms with Crippen LogP contribution in [0.15, 0.2) is 0 Å². The topological polar surface area (TPSA) is 0 Å². The Bertz CT molecular complexity index is 5.61. The van der Waals surface area contributed by atoms with Crippen LogP contribution in [0.2, 0.25) is 0 Å². The molecular weight excluding hydrogens is 227 g/mol. The standard InChI is InChI=1S/C4H8.Hf/c1-3-4-2;/h1-4H2;/q-2;. The molecule has 0 radical (unpaired) electrons. The van der Waals surface area contributed by atoms with Crippen LogP contribution in [0.3, 0.4) is 0 Å². The number of hydrogen-bond donors (Lipinski definition) is 0. The summed E-state index contributed by atoms with van der Waals surface area (Å²) in [5.41, 5.74) is 0. The monoisotopic (exact) mass is 236 g/mol. The molecule has 0 saturated heterocycles. The van der Waals surface area contributed by atoms with Gasteiger partial charge in [0.2, 0.25) is 0 Å². The summed E-state index contributed by atoms with van der Waals surface area (Å²) in [4.78, 5) is 0. The number of hydrogen-bond acceptors (Lipinski definition) is 0. The third-order valence-corrected chi connectivity index (χ3v) is 0.250. The molecule has 0 aliphatic carbocycles. The van der Waals surface area contributed by atoms with Gasteiger partial charge in [0.1, 0.15) is 0 Å². The normalized spacial score (nSPS) is 6.00. The zero-order valence-corrected chi connectivity index (χ0v) is 6.92. The van der Waals surface area contributed by atoms with Gasteiger partial charge < -0.3 is 13.8 Å². The van der Waals surface area contributed by atoms with Crippen molar-refractivity contribution < 1.29 is 25.8 Å². The van der Waals surface area contributed by atoms with Crippen LogP contribution in [0.5, 0.6) is 0 Å². The Morgan fingerprint density at radius 2 is 1.20 bits per heavy atom. The molecule has 0 spiro atoms. The summed E-state index contributed by atoms with van der Waals surface area (Å²) in [6.07, 6.45) is 1.92. The first kappa shape index (κ1) is 9.30. The Kier molecular flexibility index (Phi) is 16.5. The first-order valence-corrected chi connectivity index (χ1v) is 1.50. The summed E-state index contributed by atoms with van der Waals surface area (Å²) in [5.74, 6) is 0. The van der Waals surface area contributed by atoms with Crippen molar-refractivity contribution in [1.82, 2.24) is 0 Å². The van der Waals surface area contributed by atoms with Crippen LogP contribution in [0, 0.1) is 13.8 Å². The van der Waals surface area contributed by atoms with E-state index in [1.54, 1.807) is 0 Å². The second-order valence-electron chi connectivity index (χ2n) is 0.707. The van der Waals surface area contributed by atoms with E-state index >= 15 is 0 Å². The first-order chi connectivity index (χ1) is 1.91. The van der Waals surface area contributed by atoms with Crippen molar-refractivity contribution in [3.05, 3.63) is 13.8 Å². The average molecular weight is 235 g/mol. The van der Waals surface area contributed by atoms with Crippen LogP contribution >= 0.6 is 0 Å². The molecule has 0 unspecified atom stereocenters. The zero-order valence-electron chi connectivity index (χ0n) is 3.33. The minimum atomic E-state index is 0. The molecule has 0 bridgehead atoms. The fourth-order valence-electron chi connectivity index (χ4n) is 0. The van der Waals surface area contributed by atoms with E-state index in [9.17, 15) is 0 Å². The van der Waals surface area contributed by atoms with Gasteiger partial charge in [0.25, 0.3) is 0 Å². The van der Waals surface area contributed by atoms with Gasteiger partial charge in [-0.25, -0.2) is 12.8 Å². The fourth-order valence-corrected chi connectivity index (χ4v) is 0. The van der Waals surface area contributed by atoms with E-state index in [1.807, 2.05) is 0 Å². The second kappa shape index (κ2) is 8.85. The maximum atomic E-state index is 3.54. The maximum Gasteiger partial charge on any atom is 0 e. The molecule has 0 nitrogen and oxygen atoms in total. The van der Waals surface area contributed by atoms with Gasteiger partial charge in [-0.2, -0.15) is 0 Å². The van der Waals surface area contributed by atoms with Crippen molar-refractivity contribution in [3.63, 3.8) is 0 Å².